The van der Waals surface area contributed by atoms with E-state index in [0.717, 1.165) is 36.9 Å². The largest absolute Gasteiger partial charge is 0.367 e. The van der Waals surface area contributed by atoms with Crippen molar-refractivity contribution in [2.45, 2.75) is 37.8 Å². The molecule has 2 aromatic heterocycles. The molecule has 1 aliphatic rings. The highest BCUT2D eigenvalue weighted by Crippen LogP contribution is 2.21. The highest BCUT2D eigenvalue weighted by atomic mass is 16.1. The molecule has 0 aromatic carbocycles. The second-order valence-corrected chi connectivity index (χ2v) is 5.10. The summed E-state index contributed by atoms with van der Waals surface area (Å²) in [5.74, 6) is 0.725. The van der Waals surface area contributed by atoms with Crippen LogP contribution in [-0.4, -0.2) is 27.3 Å². The first-order chi connectivity index (χ1) is 9.22. The first-order valence-electron chi connectivity index (χ1n) is 6.59. The Morgan fingerprint density at radius 3 is 3.11 bits per heavy atom. The molecule has 1 fully saturated rings. The molecule has 0 bridgehead atoms. The molecule has 2 atom stereocenters. The van der Waals surface area contributed by atoms with Crippen LogP contribution in [0.2, 0.25) is 0 Å². The van der Waals surface area contributed by atoms with Crippen LogP contribution >= 0.6 is 0 Å². The Bertz CT molecular complexity index is 638. The van der Waals surface area contributed by atoms with Crippen molar-refractivity contribution in [1.29, 1.82) is 0 Å². The van der Waals surface area contributed by atoms with E-state index in [2.05, 4.69) is 20.5 Å². The van der Waals surface area contributed by atoms with Gasteiger partial charge in [0.15, 0.2) is 0 Å². The first kappa shape index (κ1) is 12.1. The number of nitrogens with one attached hydrogen (secondary N) is 2. The van der Waals surface area contributed by atoms with Crippen LogP contribution in [0.3, 0.4) is 0 Å². The number of anilines is 1. The van der Waals surface area contributed by atoms with E-state index >= 15 is 0 Å². The van der Waals surface area contributed by atoms with E-state index in [9.17, 15) is 4.79 Å². The predicted molar refractivity (Wildman–Crippen MR) is 74.0 cm³/mol. The van der Waals surface area contributed by atoms with Crippen molar-refractivity contribution in [2.75, 3.05) is 5.32 Å². The molecule has 2 unspecified atom stereocenters. The van der Waals surface area contributed by atoms with Crippen molar-refractivity contribution < 1.29 is 0 Å². The van der Waals surface area contributed by atoms with E-state index in [-0.39, 0.29) is 11.6 Å². The van der Waals surface area contributed by atoms with E-state index in [1.54, 1.807) is 6.20 Å². The van der Waals surface area contributed by atoms with Gasteiger partial charge in [-0.1, -0.05) is 0 Å². The van der Waals surface area contributed by atoms with Gasteiger partial charge < -0.3 is 11.1 Å². The van der Waals surface area contributed by atoms with Crippen LogP contribution in [0.4, 0.5) is 5.82 Å². The second kappa shape index (κ2) is 4.97. The van der Waals surface area contributed by atoms with Gasteiger partial charge in [-0.3, -0.25) is 4.79 Å². The molecule has 0 saturated heterocycles. The smallest absolute Gasteiger partial charge is 0.290 e. The summed E-state index contributed by atoms with van der Waals surface area (Å²) in [6.07, 6.45) is 5.88. The van der Waals surface area contributed by atoms with E-state index in [1.165, 1.54) is 0 Å². The van der Waals surface area contributed by atoms with Crippen molar-refractivity contribution in [3.63, 3.8) is 0 Å². The van der Waals surface area contributed by atoms with Gasteiger partial charge in [0.1, 0.15) is 11.3 Å². The lowest BCUT2D eigenvalue weighted by atomic mass is 9.92. The Kier molecular flexibility index (Phi) is 3.16. The summed E-state index contributed by atoms with van der Waals surface area (Å²) in [5.41, 5.74) is 6.12. The number of nitrogens with zero attached hydrogens (tertiary/aromatic N) is 2. The minimum Gasteiger partial charge on any atom is -0.367 e. The summed E-state index contributed by atoms with van der Waals surface area (Å²) in [6.45, 7) is 0. The number of rotatable bonds is 2. The number of hydrogen-bond donors (Lipinski definition) is 3. The zero-order valence-corrected chi connectivity index (χ0v) is 10.6. The Labute approximate surface area is 110 Å². The van der Waals surface area contributed by atoms with Crippen LogP contribution < -0.4 is 16.6 Å². The van der Waals surface area contributed by atoms with E-state index in [1.807, 2.05) is 12.1 Å². The minimum absolute atomic E-state index is 0.263. The molecule has 0 aliphatic heterocycles. The zero-order valence-electron chi connectivity index (χ0n) is 10.6. The molecule has 6 heteroatoms. The first-order valence-corrected chi connectivity index (χ1v) is 6.59. The molecule has 0 spiro atoms. The normalized spacial score (nSPS) is 23.4. The predicted octanol–water partition coefficient (Wildman–Crippen LogP) is 1.000. The van der Waals surface area contributed by atoms with Gasteiger partial charge in [0.2, 0.25) is 0 Å². The summed E-state index contributed by atoms with van der Waals surface area (Å²) >= 11 is 0. The fourth-order valence-corrected chi connectivity index (χ4v) is 2.62. The Morgan fingerprint density at radius 1 is 1.37 bits per heavy atom. The Morgan fingerprint density at radius 2 is 2.26 bits per heavy atom. The Balaban J connectivity index is 1.85. The van der Waals surface area contributed by atoms with Crippen LogP contribution in [0.1, 0.15) is 25.7 Å². The van der Waals surface area contributed by atoms with Gasteiger partial charge in [0, 0.05) is 17.5 Å². The van der Waals surface area contributed by atoms with Crippen molar-refractivity contribution in [1.82, 2.24) is 15.2 Å². The summed E-state index contributed by atoms with van der Waals surface area (Å²) in [7, 11) is 0. The highest BCUT2D eigenvalue weighted by Gasteiger charge is 2.19. The second-order valence-electron chi connectivity index (χ2n) is 5.10. The molecule has 2 heterocycles. The average molecular weight is 259 g/mol. The number of hydrogen-bond acceptors (Lipinski definition) is 5. The van der Waals surface area contributed by atoms with Crippen molar-refractivity contribution >= 4 is 16.7 Å². The van der Waals surface area contributed by atoms with Crippen LogP contribution in [0.25, 0.3) is 10.9 Å². The van der Waals surface area contributed by atoms with Crippen molar-refractivity contribution in [3.05, 3.63) is 28.7 Å². The van der Waals surface area contributed by atoms with Gasteiger partial charge in [0.05, 0.1) is 6.20 Å². The molecule has 0 radical (unpaired) electrons. The molecule has 100 valence electrons. The maximum Gasteiger partial charge on any atom is 0.290 e. The lowest BCUT2D eigenvalue weighted by molar-refractivity contribution is 0.409. The number of aromatic amines is 1. The monoisotopic (exact) mass is 259 g/mol. The Hall–Kier alpha value is -1.95. The molecule has 4 N–H and O–H groups in total. The molecule has 6 nitrogen and oxygen atoms in total. The molecular formula is C13H17N5O. The maximum atomic E-state index is 11.6. The van der Waals surface area contributed by atoms with E-state index in [0.29, 0.717) is 11.6 Å². The SMILES string of the molecule is NC1CCCC(Nc2ccc3cn[nH]c(=O)c3n2)C1. The lowest BCUT2D eigenvalue weighted by Crippen LogP contribution is -2.35. The number of fused-ring (bicyclic) bond motifs is 1. The molecule has 1 aliphatic carbocycles. The van der Waals surface area contributed by atoms with Gasteiger partial charge in [-0.05, 0) is 37.8 Å². The standard InChI is InChI=1S/C13H17N5O/c14-9-2-1-3-10(6-9)16-11-5-4-8-7-15-18-13(19)12(8)17-11/h4-5,7,9-10H,1-3,6,14H2,(H,16,17)(H,18,19). The third kappa shape index (κ3) is 2.58. The highest BCUT2D eigenvalue weighted by molar-refractivity contribution is 5.78. The number of pyridine rings is 1. The van der Waals surface area contributed by atoms with E-state index in [4.69, 9.17) is 5.73 Å². The average Bonchev–Trinajstić information content (AvgIpc) is 2.40. The molecule has 2 aromatic rings. The third-order valence-corrected chi connectivity index (χ3v) is 3.58. The van der Waals surface area contributed by atoms with Gasteiger partial charge >= 0.3 is 0 Å². The van der Waals surface area contributed by atoms with Gasteiger partial charge in [-0.25, -0.2) is 10.1 Å². The fraction of sp³-hybridized carbons (Fsp3) is 0.462. The zero-order chi connectivity index (χ0) is 13.2. The van der Waals surface area contributed by atoms with Gasteiger partial charge in [-0.2, -0.15) is 5.10 Å². The van der Waals surface area contributed by atoms with E-state index < -0.39 is 0 Å². The molecule has 3 rings (SSSR count). The maximum absolute atomic E-state index is 11.6. The molecule has 0 amide bonds. The molecule has 1 saturated carbocycles. The van der Waals surface area contributed by atoms with Crippen molar-refractivity contribution in [2.24, 2.45) is 5.73 Å². The summed E-state index contributed by atoms with van der Waals surface area (Å²) < 4.78 is 0. The van der Waals surface area contributed by atoms with Gasteiger partial charge in [0.25, 0.3) is 5.56 Å². The van der Waals surface area contributed by atoms with Crippen molar-refractivity contribution in [3.8, 4) is 0 Å². The molecular weight excluding hydrogens is 242 g/mol. The number of nitrogens with two attached hydrogens (primary N) is 1. The molecule has 19 heavy (non-hydrogen) atoms. The topological polar surface area (TPSA) is 96.7 Å². The third-order valence-electron chi connectivity index (χ3n) is 3.58. The van der Waals surface area contributed by atoms with Crippen LogP contribution in [0.15, 0.2) is 23.1 Å². The lowest BCUT2D eigenvalue weighted by Gasteiger charge is -2.27. The quantitative estimate of drug-likeness (QED) is 0.747. The summed E-state index contributed by atoms with van der Waals surface area (Å²) in [6, 6.07) is 4.34. The number of aromatic nitrogens is 3. The van der Waals surface area contributed by atoms with Gasteiger partial charge in [-0.15, -0.1) is 0 Å². The summed E-state index contributed by atoms with van der Waals surface area (Å²) in [4.78, 5) is 16.0. The van der Waals surface area contributed by atoms with Crippen LogP contribution in [0, 0.1) is 0 Å². The van der Waals surface area contributed by atoms with Crippen LogP contribution in [0.5, 0.6) is 0 Å². The number of H-pyrrole nitrogens is 1. The minimum atomic E-state index is -0.263. The van der Waals surface area contributed by atoms with Crippen LogP contribution in [-0.2, 0) is 0 Å². The fourth-order valence-electron chi connectivity index (χ4n) is 2.62. The summed E-state index contributed by atoms with van der Waals surface area (Å²) in [5, 5.41) is 10.3.